The lowest BCUT2D eigenvalue weighted by molar-refractivity contribution is -0.00534. The highest BCUT2D eigenvalue weighted by atomic mass is 16.5. The van der Waals surface area contributed by atoms with Gasteiger partial charge < -0.3 is 20.5 Å². The number of aromatic nitrogens is 1. The van der Waals surface area contributed by atoms with Crippen LogP contribution in [-0.4, -0.2) is 39.2 Å². The highest BCUT2D eigenvalue weighted by Crippen LogP contribution is 2.37. The van der Waals surface area contributed by atoms with Crippen molar-refractivity contribution in [1.82, 2.24) is 9.47 Å². The van der Waals surface area contributed by atoms with Crippen LogP contribution in [-0.2, 0) is 0 Å². The van der Waals surface area contributed by atoms with Crippen molar-refractivity contribution in [2.45, 2.75) is 57.3 Å². The highest BCUT2D eigenvalue weighted by Gasteiger charge is 2.32. The van der Waals surface area contributed by atoms with E-state index in [2.05, 4.69) is 12.1 Å². The summed E-state index contributed by atoms with van der Waals surface area (Å²) in [5.41, 5.74) is 8.06. The number of benzene rings is 1. The van der Waals surface area contributed by atoms with Gasteiger partial charge in [-0.3, -0.25) is 15.4 Å². The summed E-state index contributed by atoms with van der Waals surface area (Å²) in [6, 6.07) is 11.7. The molecule has 2 aliphatic rings. The molecule has 1 aromatic heterocycles. The first-order valence-electron chi connectivity index (χ1n) is 11.1. The number of aliphatic hydroxyl groups is 1. The molecule has 2 heterocycles. The van der Waals surface area contributed by atoms with E-state index in [1.807, 2.05) is 30.9 Å². The molecule has 0 radical (unpaired) electrons. The molecule has 7 nitrogen and oxygen atoms in total. The summed E-state index contributed by atoms with van der Waals surface area (Å²) in [6.07, 6.45) is 5.01. The fourth-order valence-corrected chi connectivity index (χ4v) is 4.75. The van der Waals surface area contributed by atoms with Gasteiger partial charge in [-0.05, 0) is 68.7 Å². The standard InChI is InChI=1S/C24H33N5O2/c1-24(2,30)16-11-13-28(14-12-16)23(27)29-15-17(7-10-22(29)26)31-21-9-8-20(25)18-5-3-4-6-19(18)21/h3-7,10,15-16,20-21,26-27,30H,8-9,11-14,25H2,1-2H3/t20-,21+/m0/s1. The average molecular weight is 424 g/mol. The molecule has 1 aliphatic heterocycles. The van der Waals surface area contributed by atoms with Crippen molar-refractivity contribution >= 4 is 5.96 Å². The van der Waals surface area contributed by atoms with Crippen molar-refractivity contribution in [2.75, 3.05) is 13.1 Å². The molecule has 0 amide bonds. The third-order valence-corrected chi connectivity index (χ3v) is 6.70. The Bertz CT molecular complexity index is 1000. The number of hydrogen-bond donors (Lipinski definition) is 4. The summed E-state index contributed by atoms with van der Waals surface area (Å²) >= 11 is 0. The topological polar surface area (TPSA) is 111 Å². The van der Waals surface area contributed by atoms with Crippen LogP contribution in [0.15, 0.2) is 42.6 Å². The zero-order valence-corrected chi connectivity index (χ0v) is 18.3. The average Bonchev–Trinajstić information content (AvgIpc) is 2.76. The van der Waals surface area contributed by atoms with Crippen LogP contribution in [0.2, 0.25) is 0 Å². The Morgan fingerprint density at radius 3 is 2.42 bits per heavy atom. The predicted molar refractivity (Wildman–Crippen MR) is 120 cm³/mol. The molecule has 4 rings (SSSR count). The quantitative estimate of drug-likeness (QED) is 0.449. The van der Waals surface area contributed by atoms with Crippen molar-refractivity contribution in [2.24, 2.45) is 11.7 Å². The van der Waals surface area contributed by atoms with Crippen LogP contribution < -0.4 is 16.0 Å². The van der Waals surface area contributed by atoms with Crippen molar-refractivity contribution in [1.29, 1.82) is 10.8 Å². The monoisotopic (exact) mass is 423 g/mol. The Hall–Kier alpha value is -2.64. The number of nitrogens with one attached hydrogen (secondary N) is 2. The van der Waals surface area contributed by atoms with Gasteiger partial charge in [0.15, 0.2) is 0 Å². The van der Waals surface area contributed by atoms with Crippen LogP contribution in [0, 0.1) is 16.7 Å². The largest absolute Gasteiger partial charge is 0.484 e. The first kappa shape index (κ1) is 21.6. The first-order chi connectivity index (χ1) is 14.7. The minimum atomic E-state index is -0.700. The van der Waals surface area contributed by atoms with Gasteiger partial charge in [0, 0.05) is 19.1 Å². The fraction of sp³-hybridized carbons (Fsp3) is 0.500. The lowest BCUT2D eigenvalue weighted by atomic mass is 9.83. The third-order valence-electron chi connectivity index (χ3n) is 6.70. The third kappa shape index (κ3) is 4.52. The Balaban J connectivity index is 1.50. The van der Waals surface area contributed by atoms with Crippen LogP contribution in [0.5, 0.6) is 5.75 Å². The van der Waals surface area contributed by atoms with E-state index >= 15 is 0 Å². The van der Waals surface area contributed by atoms with Crippen LogP contribution in [0.1, 0.15) is 62.8 Å². The smallest absolute Gasteiger partial charge is 0.203 e. The van der Waals surface area contributed by atoms with E-state index in [-0.39, 0.29) is 29.5 Å². The molecule has 1 saturated heterocycles. The van der Waals surface area contributed by atoms with Gasteiger partial charge in [0.2, 0.25) is 5.96 Å². The van der Waals surface area contributed by atoms with Crippen LogP contribution in [0.25, 0.3) is 0 Å². The van der Waals surface area contributed by atoms with Crippen molar-refractivity contribution < 1.29 is 9.84 Å². The minimum Gasteiger partial charge on any atom is -0.484 e. The van der Waals surface area contributed by atoms with Gasteiger partial charge in [0.05, 0.1) is 11.8 Å². The zero-order chi connectivity index (χ0) is 22.2. The molecule has 31 heavy (non-hydrogen) atoms. The number of piperidine rings is 1. The lowest BCUT2D eigenvalue weighted by Crippen LogP contribution is -2.47. The first-order valence-corrected chi connectivity index (χ1v) is 11.1. The molecule has 166 valence electrons. The highest BCUT2D eigenvalue weighted by molar-refractivity contribution is 5.79. The summed E-state index contributed by atoms with van der Waals surface area (Å²) in [6.45, 7) is 5.09. The van der Waals surface area contributed by atoms with Gasteiger partial charge in [-0.1, -0.05) is 24.3 Å². The van der Waals surface area contributed by atoms with E-state index in [0.29, 0.717) is 18.8 Å². The maximum absolute atomic E-state index is 10.3. The molecule has 2 aromatic rings. The number of hydrogen-bond acceptors (Lipinski definition) is 5. The number of ether oxygens (including phenoxy) is 1. The van der Waals surface area contributed by atoms with Crippen LogP contribution >= 0.6 is 0 Å². The summed E-state index contributed by atoms with van der Waals surface area (Å²) in [5.74, 6) is 1.14. The van der Waals surface area contributed by atoms with Gasteiger partial charge in [-0.15, -0.1) is 0 Å². The van der Waals surface area contributed by atoms with E-state index in [9.17, 15) is 5.11 Å². The summed E-state index contributed by atoms with van der Waals surface area (Å²) in [4.78, 5) is 1.97. The second-order valence-electron chi connectivity index (χ2n) is 9.28. The van der Waals surface area contributed by atoms with Crippen LogP contribution in [0.4, 0.5) is 0 Å². The maximum Gasteiger partial charge on any atom is 0.203 e. The van der Waals surface area contributed by atoms with Crippen molar-refractivity contribution in [3.05, 3.63) is 59.2 Å². The number of rotatable bonds is 3. The summed E-state index contributed by atoms with van der Waals surface area (Å²) < 4.78 is 7.89. The molecule has 0 bridgehead atoms. The predicted octanol–water partition coefficient (Wildman–Crippen LogP) is 3.15. The molecule has 1 aliphatic carbocycles. The number of pyridine rings is 1. The lowest BCUT2D eigenvalue weighted by Gasteiger charge is -2.38. The second kappa shape index (κ2) is 8.48. The van der Waals surface area contributed by atoms with Gasteiger partial charge >= 0.3 is 0 Å². The second-order valence-corrected chi connectivity index (χ2v) is 9.28. The van der Waals surface area contributed by atoms with Gasteiger partial charge in [0.25, 0.3) is 0 Å². The number of nitrogens with zero attached hydrogens (tertiary/aromatic N) is 2. The van der Waals surface area contributed by atoms with E-state index in [0.717, 1.165) is 36.8 Å². The van der Waals surface area contributed by atoms with Crippen molar-refractivity contribution in [3.63, 3.8) is 0 Å². The molecular formula is C24H33N5O2. The Labute approximate surface area is 183 Å². The van der Waals surface area contributed by atoms with E-state index in [1.54, 1.807) is 22.9 Å². The molecule has 1 fully saturated rings. The van der Waals surface area contributed by atoms with Gasteiger partial charge in [0.1, 0.15) is 17.3 Å². The molecule has 7 heteroatoms. The number of likely N-dealkylation sites (tertiary alicyclic amines) is 1. The number of nitrogens with two attached hydrogens (primary N) is 1. The zero-order valence-electron chi connectivity index (χ0n) is 18.3. The molecular weight excluding hydrogens is 390 g/mol. The van der Waals surface area contributed by atoms with Crippen LogP contribution in [0.3, 0.4) is 0 Å². The van der Waals surface area contributed by atoms with E-state index < -0.39 is 5.60 Å². The van der Waals surface area contributed by atoms with E-state index in [4.69, 9.17) is 21.3 Å². The minimum absolute atomic E-state index is 0.0385. The van der Waals surface area contributed by atoms with E-state index in [1.165, 1.54) is 0 Å². The summed E-state index contributed by atoms with van der Waals surface area (Å²) in [5, 5.41) is 27.3. The maximum atomic E-state index is 10.3. The summed E-state index contributed by atoms with van der Waals surface area (Å²) in [7, 11) is 0. The van der Waals surface area contributed by atoms with Gasteiger partial charge in [-0.25, -0.2) is 0 Å². The fourth-order valence-electron chi connectivity index (χ4n) is 4.75. The molecule has 0 unspecified atom stereocenters. The van der Waals surface area contributed by atoms with Crippen molar-refractivity contribution in [3.8, 4) is 5.75 Å². The molecule has 1 aromatic carbocycles. The Morgan fingerprint density at radius 1 is 1.06 bits per heavy atom. The SMILES string of the molecule is CC(C)(O)C1CCN(C(=N)n2cc(O[C@@H]3CC[C@H](N)c4ccccc43)ccc2=N)CC1. The Kier molecular flexibility index (Phi) is 5.90. The Morgan fingerprint density at radius 2 is 1.74 bits per heavy atom. The molecule has 0 spiro atoms. The normalized spacial score (nSPS) is 22.1. The molecule has 2 atom stereocenters. The van der Waals surface area contributed by atoms with Gasteiger partial charge in [-0.2, -0.15) is 0 Å². The molecule has 5 N–H and O–H groups in total. The number of fused-ring (bicyclic) bond motifs is 1. The molecule has 0 saturated carbocycles.